The molecular weight excluding hydrogens is 563 g/mol. The van der Waals surface area contributed by atoms with Gasteiger partial charge >= 0.3 is 0 Å². The first-order valence-corrected chi connectivity index (χ1v) is 16.2. The number of para-hydroxylation sites is 1. The van der Waals surface area contributed by atoms with Gasteiger partial charge in [-0.15, -0.1) is 11.3 Å². The van der Waals surface area contributed by atoms with Gasteiger partial charge in [-0.05, 0) is 67.7 Å². The first kappa shape index (κ1) is 24.8. The number of aromatic nitrogens is 1. The van der Waals surface area contributed by atoms with Crippen molar-refractivity contribution in [1.29, 1.82) is 0 Å². The van der Waals surface area contributed by atoms with E-state index in [4.69, 9.17) is 4.98 Å². The highest BCUT2D eigenvalue weighted by atomic mass is 32.1. The summed E-state index contributed by atoms with van der Waals surface area (Å²) < 4.78 is 2.63. The Balaban J connectivity index is 1.23. The van der Waals surface area contributed by atoms with E-state index in [1.807, 2.05) is 11.3 Å². The Morgan fingerprint density at radius 3 is 1.62 bits per heavy atom. The van der Waals surface area contributed by atoms with Crippen LogP contribution in [0.5, 0.6) is 0 Å². The predicted molar refractivity (Wildman–Crippen MR) is 196 cm³/mol. The lowest BCUT2D eigenvalue weighted by Gasteiger charge is -2.12. The maximum absolute atomic E-state index is 5.16. The van der Waals surface area contributed by atoms with Crippen molar-refractivity contribution in [2.45, 2.75) is 0 Å². The van der Waals surface area contributed by atoms with E-state index < -0.39 is 0 Å². The molecule has 45 heavy (non-hydrogen) atoms. The van der Waals surface area contributed by atoms with Crippen LogP contribution >= 0.6 is 11.3 Å². The van der Waals surface area contributed by atoms with Crippen molar-refractivity contribution < 1.29 is 0 Å². The van der Waals surface area contributed by atoms with Crippen LogP contribution in [0.25, 0.3) is 96.5 Å². The van der Waals surface area contributed by atoms with Crippen LogP contribution in [0.4, 0.5) is 0 Å². The van der Waals surface area contributed by atoms with Crippen LogP contribution in [0.3, 0.4) is 0 Å². The lowest BCUT2D eigenvalue weighted by atomic mass is 9.92. The molecule has 0 spiro atoms. The van der Waals surface area contributed by atoms with Crippen LogP contribution in [0.1, 0.15) is 0 Å². The van der Waals surface area contributed by atoms with E-state index in [-0.39, 0.29) is 0 Å². The standard InChI is InChI=1S/C43H25NS/c1-2-10-26(11-3-1)42-36-22-21-34-38-25-28(19-23-40(38)45-43(34)41(36)35-16-8-9-17-39(35)44-42)27-18-20-33-31-14-5-4-12-29(31)30-13-6-7-15-32(30)37(33)24-27/h1-25H. The van der Waals surface area contributed by atoms with Gasteiger partial charge in [-0.2, -0.15) is 0 Å². The molecule has 0 radical (unpaired) electrons. The van der Waals surface area contributed by atoms with Gasteiger partial charge in [0.05, 0.1) is 11.2 Å². The lowest BCUT2D eigenvalue weighted by Crippen LogP contribution is -1.89. The summed E-state index contributed by atoms with van der Waals surface area (Å²) in [7, 11) is 0. The first-order valence-electron chi connectivity index (χ1n) is 15.4. The fourth-order valence-corrected chi connectivity index (χ4v) is 8.60. The molecule has 2 aromatic heterocycles. The number of hydrogen-bond acceptors (Lipinski definition) is 2. The number of fused-ring (bicyclic) bond motifs is 13. The summed E-state index contributed by atoms with van der Waals surface area (Å²) in [5.74, 6) is 0. The molecule has 2 heteroatoms. The van der Waals surface area contributed by atoms with Crippen LogP contribution in [-0.2, 0) is 0 Å². The van der Waals surface area contributed by atoms with Crippen molar-refractivity contribution in [2.75, 3.05) is 0 Å². The molecular formula is C43H25NS. The zero-order valence-corrected chi connectivity index (χ0v) is 25.1. The molecule has 2 heterocycles. The van der Waals surface area contributed by atoms with Crippen molar-refractivity contribution >= 4 is 85.5 Å². The van der Waals surface area contributed by atoms with Crippen LogP contribution in [0, 0.1) is 0 Å². The number of pyridine rings is 1. The molecule has 0 amide bonds. The molecule has 0 N–H and O–H groups in total. The van der Waals surface area contributed by atoms with Crippen LogP contribution < -0.4 is 0 Å². The molecule has 0 aliphatic rings. The first-order chi connectivity index (χ1) is 22.3. The second-order valence-electron chi connectivity index (χ2n) is 11.9. The van der Waals surface area contributed by atoms with Gasteiger partial charge in [-0.3, -0.25) is 0 Å². The van der Waals surface area contributed by atoms with Crippen molar-refractivity contribution in [3.8, 4) is 22.4 Å². The lowest BCUT2D eigenvalue weighted by molar-refractivity contribution is 1.43. The fraction of sp³-hybridized carbons (Fsp3) is 0. The molecule has 0 aliphatic carbocycles. The summed E-state index contributed by atoms with van der Waals surface area (Å²) >= 11 is 1.89. The molecule has 0 aliphatic heterocycles. The normalized spacial score (nSPS) is 12.0. The van der Waals surface area contributed by atoms with Crippen LogP contribution in [-0.4, -0.2) is 4.98 Å². The number of nitrogens with zero attached hydrogens (tertiary/aromatic N) is 1. The molecule has 10 rings (SSSR count). The minimum atomic E-state index is 1.03. The van der Waals surface area contributed by atoms with E-state index in [1.54, 1.807) is 0 Å². The third-order valence-electron chi connectivity index (χ3n) is 9.42. The highest BCUT2D eigenvalue weighted by Crippen LogP contribution is 2.44. The molecule has 208 valence electrons. The Labute approximate surface area is 263 Å². The second-order valence-corrected chi connectivity index (χ2v) is 12.9. The van der Waals surface area contributed by atoms with Gasteiger partial charge in [-0.25, -0.2) is 4.98 Å². The maximum Gasteiger partial charge on any atom is 0.0788 e. The van der Waals surface area contributed by atoms with Gasteiger partial charge in [-0.1, -0.05) is 127 Å². The van der Waals surface area contributed by atoms with Crippen molar-refractivity contribution in [1.82, 2.24) is 4.98 Å². The monoisotopic (exact) mass is 587 g/mol. The topological polar surface area (TPSA) is 12.9 Å². The van der Waals surface area contributed by atoms with E-state index in [0.717, 1.165) is 16.8 Å². The quantitative estimate of drug-likeness (QED) is 0.183. The molecule has 8 aromatic carbocycles. The Kier molecular flexibility index (Phi) is 5.22. The van der Waals surface area contributed by atoms with E-state index in [1.165, 1.54) is 79.8 Å². The van der Waals surface area contributed by atoms with Gasteiger partial charge in [0.15, 0.2) is 0 Å². The summed E-state index contributed by atoms with van der Waals surface area (Å²) in [5.41, 5.74) is 5.70. The zero-order valence-electron chi connectivity index (χ0n) is 24.3. The smallest absolute Gasteiger partial charge is 0.0788 e. The maximum atomic E-state index is 5.16. The molecule has 0 bridgehead atoms. The van der Waals surface area contributed by atoms with E-state index in [2.05, 4.69) is 152 Å². The molecule has 0 atom stereocenters. The summed E-state index contributed by atoms with van der Waals surface area (Å²) in [6, 6.07) is 55.3. The van der Waals surface area contributed by atoms with Crippen molar-refractivity contribution in [3.63, 3.8) is 0 Å². The van der Waals surface area contributed by atoms with Crippen molar-refractivity contribution in [2.24, 2.45) is 0 Å². The molecule has 10 aromatic rings. The van der Waals surface area contributed by atoms with Gasteiger partial charge in [0.2, 0.25) is 0 Å². The van der Waals surface area contributed by atoms with Crippen molar-refractivity contribution in [3.05, 3.63) is 152 Å². The number of benzene rings is 8. The second kappa shape index (κ2) is 9.46. The van der Waals surface area contributed by atoms with Crippen LogP contribution in [0.15, 0.2) is 152 Å². The van der Waals surface area contributed by atoms with Gasteiger partial charge in [0.1, 0.15) is 0 Å². The fourth-order valence-electron chi connectivity index (χ4n) is 7.35. The summed E-state index contributed by atoms with van der Waals surface area (Å²) in [4.78, 5) is 5.16. The molecule has 0 fully saturated rings. The molecule has 0 saturated carbocycles. The van der Waals surface area contributed by atoms with E-state index in [0.29, 0.717) is 0 Å². The SMILES string of the molecule is c1ccc(-c2nc3ccccc3c3c2ccc2c4cc(-c5ccc6c7ccccc7c7ccccc7c6c5)ccc4sc23)cc1. The van der Waals surface area contributed by atoms with E-state index >= 15 is 0 Å². The average Bonchev–Trinajstić information content (AvgIpc) is 3.49. The largest absolute Gasteiger partial charge is 0.247 e. The third-order valence-corrected chi connectivity index (χ3v) is 10.6. The van der Waals surface area contributed by atoms with Gasteiger partial charge in [0.25, 0.3) is 0 Å². The Hall–Kier alpha value is -5.57. The Bertz CT molecular complexity index is 2770. The number of thiophene rings is 1. The molecule has 1 nitrogen and oxygen atoms in total. The van der Waals surface area contributed by atoms with Gasteiger partial charge < -0.3 is 0 Å². The minimum absolute atomic E-state index is 1.03. The van der Waals surface area contributed by atoms with Crippen LogP contribution in [0.2, 0.25) is 0 Å². The van der Waals surface area contributed by atoms with E-state index in [9.17, 15) is 0 Å². The minimum Gasteiger partial charge on any atom is -0.247 e. The Morgan fingerprint density at radius 2 is 0.889 bits per heavy atom. The van der Waals surface area contributed by atoms with Gasteiger partial charge in [0, 0.05) is 41.9 Å². The summed E-state index contributed by atoms with van der Waals surface area (Å²) in [5, 5.41) is 14.1. The average molecular weight is 588 g/mol. The summed E-state index contributed by atoms with van der Waals surface area (Å²) in [6.45, 7) is 0. The highest BCUT2D eigenvalue weighted by molar-refractivity contribution is 7.26. The predicted octanol–water partition coefficient (Wildman–Crippen LogP) is 12.5. The number of hydrogen-bond donors (Lipinski definition) is 0. The molecule has 0 unspecified atom stereocenters. The molecule has 0 saturated heterocycles. The highest BCUT2D eigenvalue weighted by Gasteiger charge is 2.17. The summed E-state index contributed by atoms with van der Waals surface area (Å²) in [6.07, 6.45) is 0. The number of rotatable bonds is 2. The third kappa shape index (κ3) is 3.64. The zero-order chi connectivity index (χ0) is 29.5. The Morgan fingerprint density at radius 1 is 0.356 bits per heavy atom.